The van der Waals surface area contributed by atoms with Crippen molar-refractivity contribution in [1.82, 2.24) is 0 Å². The maximum Gasteiger partial charge on any atom is 0.335 e. The van der Waals surface area contributed by atoms with Crippen molar-refractivity contribution in [3.05, 3.63) is 29.8 Å². The molecule has 1 aliphatic rings. The Hall–Kier alpha value is -1.95. The van der Waals surface area contributed by atoms with Crippen molar-refractivity contribution in [3.8, 4) is 17.6 Å². The van der Waals surface area contributed by atoms with E-state index in [0.717, 1.165) is 19.3 Å². The van der Waals surface area contributed by atoms with Gasteiger partial charge >= 0.3 is 5.97 Å². The summed E-state index contributed by atoms with van der Waals surface area (Å²) in [6, 6.07) is 6.47. The van der Waals surface area contributed by atoms with Crippen LogP contribution in [0.2, 0.25) is 0 Å². The second kappa shape index (κ2) is 6.11. The molecule has 94 valence electrons. The molecular formula is C15H16O3. The molecule has 1 aromatic rings. The smallest absolute Gasteiger partial charge is 0.335 e. The number of hydrogen-bond acceptors (Lipinski definition) is 2. The summed E-state index contributed by atoms with van der Waals surface area (Å²) >= 11 is 0. The highest BCUT2D eigenvalue weighted by Gasteiger charge is 2.09. The molecule has 0 amide bonds. The number of aromatic carboxylic acids is 1. The zero-order valence-corrected chi connectivity index (χ0v) is 10.2. The number of benzene rings is 1. The molecule has 1 atom stereocenters. The lowest BCUT2D eigenvalue weighted by molar-refractivity contribution is 0.0697. The highest BCUT2D eigenvalue weighted by Crippen LogP contribution is 2.17. The molecule has 1 aromatic carbocycles. The van der Waals surface area contributed by atoms with Crippen LogP contribution in [-0.2, 0) is 0 Å². The van der Waals surface area contributed by atoms with E-state index >= 15 is 0 Å². The van der Waals surface area contributed by atoms with Crippen molar-refractivity contribution in [2.75, 3.05) is 0 Å². The van der Waals surface area contributed by atoms with E-state index < -0.39 is 5.97 Å². The standard InChI is InChI=1S/C15H16O3/c16-15(17)12-8-10-14(11-9-12)18-13-6-4-2-1-3-5-7-13/h8-11,13H,1-4,6H2,(H,16,17). The first-order chi connectivity index (χ1) is 8.75. The quantitative estimate of drug-likeness (QED) is 0.831. The highest BCUT2D eigenvalue weighted by atomic mass is 16.5. The number of carbonyl (C=O) groups is 1. The summed E-state index contributed by atoms with van der Waals surface area (Å²) in [7, 11) is 0. The van der Waals surface area contributed by atoms with Crippen LogP contribution in [0.3, 0.4) is 0 Å². The maximum absolute atomic E-state index is 10.7. The molecule has 3 heteroatoms. The monoisotopic (exact) mass is 244 g/mol. The van der Waals surface area contributed by atoms with E-state index in [1.165, 1.54) is 12.8 Å². The van der Waals surface area contributed by atoms with Gasteiger partial charge in [0.25, 0.3) is 0 Å². The minimum Gasteiger partial charge on any atom is -0.478 e. The number of carboxylic acid groups (broad SMARTS) is 1. The van der Waals surface area contributed by atoms with Crippen LogP contribution in [0.25, 0.3) is 0 Å². The van der Waals surface area contributed by atoms with E-state index in [4.69, 9.17) is 9.84 Å². The van der Waals surface area contributed by atoms with Crippen LogP contribution in [-0.4, -0.2) is 17.2 Å². The van der Waals surface area contributed by atoms with Crippen molar-refractivity contribution in [1.29, 1.82) is 0 Å². The molecule has 0 fully saturated rings. The molecule has 0 spiro atoms. The van der Waals surface area contributed by atoms with Crippen LogP contribution < -0.4 is 4.74 Å². The summed E-state index contributed by atoms with van der Waals surface area (Å²) in [5, 5.41) is 8.80. The number of rotatable bonds is 3. The van der Waals surface area contributed by atoms with Crippen LogP contribution >= 0.6 is 0 Å². The van der Waals surface area contributed by atoms with Gasteiger partial charge < -0.3 is 9.84 Å². The summed E-state index contributed by atoms with van der Waals surface area (Å²) in [6.45, 7) is 0. The van der Waals surface area contributed by atoms with E-state index in [2.05, 4.69) is 11.8 Å². The van der Waals surface area contributed by atoms with Crippen LogP contribution in [0, 0.1) is 11.8 Å². The second-order valence-electron chi connectivity index (χ2n) is 4.36. The number of hydrogen-bond donors (Lipinski definition) is 1. The zero-order valence-electron chi connectivity index (χ0n) is 10.2. The topological polar surface area (TPSA) is 46.5 Å². The molecule has 0 saturated heterocycles. The molecule has 0 aliphatic heterocycles. The van der Waals surface area contributed by atoms with Gasteiger partial charge in [-0.1, -0.05) is 18.3 Å². The normalized spacial score (nSPS) is 19.0. The molecular weight excluding hydrogens is 228 g/mol. The minimum atomic E-state index is -0.924. The largest absolute Gasteiger partial charge is 0.478 e. The first-order valence-corrected chi connectivity index (χ1v) is 6.24. The predicted molar refractivity (Wildman–Crippen MR) is 68.7 cm³/mol. The van der Waals surface area contributed by atoms with Gasteiger partial charge in [0.1, 0.15) is 5.75 Å². The summed E-state index contributed by atoms with van der Waals surface area (Å²) in [5.41, 5.74) is 0.270. The Kier molecular flexibility index (Phi) is 4.25. The van der Waals surface area contributed by atoms with E-state index in [-0.39, 0.29) is 11.7 Å². The van der Waals surface area contributed by atoms with Crippen LogP contribution in [0.4, 0.5) is 0 Å². The lowest BCUT2D eigenvalue weighted by atomic mass is 10.1. The van der Waals surface area contributed by atoms with E-state index in [0.29, 0.717) is 5.75 Å². The van der Waals surface area contributed by atoms with Crippen molar-refractivity contribution < 1.29 is 14.6 Å². The third kappa shape index (κ3) is 3.53. The van der Waals surface area contributed by atoms with Crippen molar-refractivity contribution in [2.24, 2.45) is 0 Å². The third-order valence-electron chi connectivity index (χ3n) is 2.91. The van der Waals surface area contributed by atoms with Gasteiger partial charge in [-0.3, -0.25) is 0 Å². The average Bonchev–Trinajstić information content (AvgIpc) is 2.33. The molecule has 1 unspecified atom stereocenters. The Balaban J connectivity index is 2.01. The van der Waals surface area contributed by atoms with E-state index in [9.17, 15) is 4.79 Å². The third-order valence-corrected chi connectivity index (χ3v) is 2.91. The van der Waals surface area contributed by atoms with E-state index in [1.54, 1.807) is 24.3 Å². The molecule has 0 aromatic heterocycles. The molecule has 1 N–H and O–H groups in total. The van der Waals surface area contributed by atoms with Gasteiger partial charge in [0.2, 0.25) is 0 Å². The molecule has 2 rings (SSSR count). The minimum absolute atomic E-state index is 0.0685. The molecule has 0 radical (unpaired) electrons. The highest BCUT2D eigenvalue weighted by molar-refractivity contribution is 5.87. The Bertz CT molecular complexity index is 465. The Morgan fingerprint density at radius 2 is 2.00 bits per heavy atom. The van der Waals surface area contributed by atoms with Crippen molar-refractivity contribution in [3.63, 3.8) is 0 Å². The van der Waals surface area contributed by atoms with Crippen LogP contribution in [0.5, 0.6) is 5.75 Å². The number of ether oxygens (including phenoxy) is 1. The Morgan fingerprint density at radius 1 is 1.22 bits per heavy atom. The fraction of sp³-hybridized carbons (Fsp3) is 0.400. The van der Waals surface area contributed by atoms with Crippen molar-refractivity contribution in [2.45, 2.75) is 38.2 Å². The molecule has 3 nitrogen and oxygen atoms in total. The van der Waals surface area contributed by atoms with Gasteiger partial charge in [0.15, 0.2) is 6.10 Å². The first-order valence-electron chi connectivity index (χ1n) is 6.24. The average molecular weight is 244 g/mol. The van der Waals surface area contributed by atoms with Gasteiger partial charge in [0, 0.05) is 6.42 Å². The van der Waals surface area contributed by atoms with Crippen LogP contribution in [0.15, 0.2) is 24.3 Å². The maximum atomic E-state index is 10.7. The van der Waals surface area contributed by atoms with Gasteiger partial charge in [-0.05, 0) is 43.5 Å². The summed E-state index contributed by atoms with van der Waals surface area (Å²) < 4.78 is 5.76. The first kappa shape index (κ1) is 12.5. The Labute approximate surface area is 107 Å². The SMILES string of the molecule is O=C(O)c1ccc(OC2C#CCCCCC2)cc1. The van der Waals surface area contributed by atoms with Crippen LogP contribution in [0.1, 0.15) is 42.5 Å². The summed E-state index contributed by atoms with van der Waals surface area (Å²) in [4.78, 5) is 10.7. The lowest BCUT2D eigenvalue weighted by Crippen LogP contribution is -2.15. The van der Waals surface area contributed by atoms with E-state index in [1.807, 2.05) is 0 Å². The molecule has 0 heterocycles. The van der Waals surface area contributed by atoms with Gasteiger partial charge in [-0.25, -0.2) is 4.79 Å². The molecule has 1 aliphatic carbocycles. The fourth-order valence-corrected chi connectivity index (χ4v) is 1.91. The van der Waals surface area contributed by atoms with Crippen molar-refractivity contribution >= 4 is 5.97 Å². The zero-order chi connectivity index (χ0) is 12.8. The van der Waals surface area contributed by atoms with Gasteiger partial charge in [-0.2, -0.15) is 0 Å². The predicted octanol–water partition coefficient (Wildman–Crippen LogP) is 3.10. The Morgan fingerprint density at radius 3 is 2.72 bits per heavy atom. The lowest BCUT2D eigenvalue weighted by Gasteiger charge is -2.15. The summed E-state index contributed by atoms with van der Waals surface area (Å²) in [6.07, 6.45) is 5.32. The molecule has 0 saturated carbocycles. The second-order valence-corrected chi connectivity index (χ2v) is 4.36. The van der Waals surface area contributed by atoms with Gasteiger partial charge in [0.05, 0.1) is 5.56 Å². The molecule has 0 bridgehead atoms. The summed E-state index contributed by atoms with van der Waals surface area (Å²) in [5.74, 6) is 5.99. The molecule has 18 heavy (non-hydrogen) atoms. The fourth-order valence-electron chi connectivity index (χ4n) is 1.91. The van der Waals surface area contributed by atoms with Gasteiger partial charge in [-0.15, -0.1) is 0 Å². The number of carboxylic acids is 1.